The number of rotatable bonds is 4. The molecule has 26 heavy (non-hydrogen) atoms. The highest BCUT2D eigenvalue weighted by Gasteiger charge is 2.58. The Balaban J connectivity index is 1.94. The summed E-state index contributed by atoms with van der Waals surface area (Å²) >= 11 is 0. The summed E-state index contributed by atoms with van der Waals surface area (Å²) in [7, 11) is 0. The summed E-state index contributed by atoms with van der Waals surface area (Å²) in [5, 5.41) is 0. The Morgan fingerprint density at radius 3 is 2.62 bits per heavy atom. The quantitative estimate of drug-likeness (QED) is 0.386. The third-order valence-corrected chi connectivity index (χ3v) is 8.48. The van der Waals surface area contributed by atoms with Crippen LogP contribution >= 0.6 is 0 Å². The first-order valence-electron chi connectivity index (χ1n) is 10.5. The highest BCUT2D eigenvalue weighted by Crippen LogP contribution is 2.62. The number of hydrogen-bond donors (Lipinski definition) is 0. The summed E-state index contributed by atoms with van der Waals surface area (Å²) in [4.78, 5) is 23.4. The predicted octanol–water partition coefficient (Wildman–Crippen LogP) is 5.33. The highest BCUT2D eigenvalue weighted by atomic mass is 16.5. The number of ether oxygens (including phenoxy) is 1. The number of allylic oxidation sites excluding steroid dienone is 1. The second-order valence-electron chi connectivity index (χ2n) is 9.87. The van der Waals surface area contributed by atoms with Gasteiger partial charge in [-0.25, -0.2) is 0 Å². The fourth-order valence-corrected chi connectivity index (χ4v) is 6.65. The van der Waals surface area contributed by atoms with Crippen molar-refractivity contribution in [2.24, 2.45) is 34.5 Å². The molecule has 0 amide bonds. The van der Waals surface area contributed by atoms with Crippen LogP contribution < -0.4 is 0 Å². The summed E-state index contributed by atoms with van der Waals surface area (Å²) in [6.07, 6.45) is 9.52. The monoisotopic (exact) mass is 360 g/mol. The van der Waals surface area contributed by atoms with Gasteiger partial charge in [-0.3, -0.25) is 4.79 Å². The van der Waals surface area contributed by atoms with Gasteiger partial charge in [-0.1, -0.05) is 39.3 Å². The lowest BCUT2D eigenvalue weighted by Gasteiger charge is -2.56. The number of carbonyl (C=O) groups excluding carboxylic acids is 2. The summed E-state index contributed by atoms with van der Waals surface area (Å²) in [5.41, 5.74) is 1.53. The first kappa shape index (κ1) is 19.6. The van der Waals surface area contributed by atoms with E-state index in [-0.39, 0.29) is 22.9 Å². The largest absolute Gasteiger partial charge is 0.462 e. The first-order chi connectivity index (χ1) is 12.2. The minimum atomic E-state index is -0.165. The van der Waals surface area contributed by atoms with Crippen molar-refractivity contribution in [1.82, 2.24) is 0 Å². The van der Waals surface area contributed by atoms with Gasteiger partial charge in [-0.15, -0.1) is 0 Å². The van der Waals surface area contributed by atoms with E-state index in [2.05, 4.69) is 27.4 Å². The molecule has 3 aliphatic rings. The van der Waals surface area contributed by atoms with Crippen LogP contribution in [0.3, 0.4) is 0 Å². The van der Waals surface area contributed by atoms with Crippen molar-refractivity contribution in [2.45, 2.75) is 85.2 Å². The fraction of sp³-hybridized carbons (Fsp3) is 0.826. The van der Waals surface area contributed by atoms with Gasteiger partial charge in [0.25, 0.3) is 0 Å². The number of esters is 1. The van der Waals surface area contributed by atoms with Gasteiger partial charge in [0, 0.05) is 25.2 Å². The van der Waals surface area contributed by atoms with Crippen molar-refractivity contribution in [2.75, 3.05) is 0 Å². The van der Waals surface area contributed by atoms with Gasteiger partial charge in [0.2, 0.25) is 0 Å². The Bertz CT molecular complexity index is 582. The molecule has 0 aliphatic heterocycles. The molecule has 0 spiro atoms. The molecule has 3 nitrogen and oxygen atoms in total. The molecule has 3 heteroatoms. The molecule has 3 fully saturated rings. The van der Waals surface area contributed by atoms with Crippen LogP contribution in [0.4, 0.5) is 0 Å². The summed E-state index contributed by atoms with van der Waals surface area (Å²) < 4.78 is 6.03. The Morgan fingerprint density at radius 1 is 1.23 bits per heavy atom. The van der Waals surface area contributed by atoms with E-state index in [0.717, 1.165) is 44.8 Å². The normalized spacial score (nSPS) is 45.8. The lowest BCUT2D eigenvalue weighted by molar-refractivity contribution is -0.172. The Kier molecular flexibility index (Phi) is 5.38. The Hall–Kier alpha value is -1.12. The number of fused-ring (bicyclic) bond motifs is 1. The van der Waals surface area contributed by atoms with Crippen LogP contribution in [-0.4, -0.2) is 18.4 Å². The smallest absolute Gasteiger partial charge is 0.302 e. The van der Waals surface area contributed by atoms with Gasteiger partial charge in [-0.2, -0.15) is 0 Å². The molecule has 0 unspecified atom stereocenters. The van der Waals surface area contributed by atoms with Crippen molar-refractivity contribution < 1.29 is 14.3 Å². The minimum absolute atomic E-state index is 0.0296. The van der Waals surface area contributed by atoms with Crippen molar-refractivity contribution in [3.05, 3.63) is 12.2 Å². The van der Waals surface area contributed by atoms with Crippen LogP contribution in [0.25, 0.3) is 0 Å². The van der Waals surface area contributed by atoms with E-state index in [4.69, 9.17) is 4.74 Å². The summed E-state index contributed by atoms with van der Waals surface area (Å²) in [5.74, 6) is 1.65. The van der Waals surface area contributed by atoms with Crippen molar-refractivity contribution in [1.29, 1.82) is 0 Å². The maximum atomic E-state index is 12.0. The first-order valence-corrected chi connectivity index (χ1v) is 10.5. The zero-order valence-electron chi connectivity index (χ0n) is 17.1. The van der Waals surface area contributed by atoms with Crippen molar-refractivity contribution in [3.8, 4) is 0 Å². The molecular formula is C23H36O3. The molecule has 7 atom stereocenters. The Labute approximate surface area is 158 Å². The van der Waals surface area contributed by atoms with Gasteiger partial charge in [0.1, 0.15) is 12.4 Å². The third kappa shape index (κ3) is 3.16. The zero-order chi connectivity index (χ0) is 19.1. The van der Waals surface area contributed by atoms with Gasteiger partial charge in [0.15, 0.2) is 0 Å². The minimum Gasteiger partial charge on any atom is -0.462 e. The van der Waals surface area contributed by atoms with Crippen LogP contribution in [0.1, 0.15) is 79.1 Å². The number of carbonyl (C=O) groups is 2. The van der Waals surface area contributed by atoms with E-state index in [1.54, 1.807) is 6.92 Å². The molecule has 0 aromatic heterocycles. The molecular weight excluding hydrogens is 324 g/mol. The van der Waals surface area contributed by atoms with Crippen molar-refractivity contribution in [3.63, 3.8) is 0 Å². The number of hydrogen-bond acceptors (Lipinski definition) is 3. The zero-order valence-corrected chi connectivity index (χ0v) is 17.1. The highest BCUT2D eigenvalue weighted by molar-refractivity contribution is 5.66. The van der Waals surface area contributed by atoms with E-state index in [1.165, 1.54) is 12.0 Å². The molecule has 0 bridgehead atoms. The van der Waals surface area contributed by atoms with Crippen molar-refractivity contribution >= 4 is 12.3 Å². The predicted molar refractivity (Wildman–Crippen MR) is 104 cm³/mol. The van der Waals surface area contributed by atoms with E-state index in [9.17, 15) is 9.59 Å². The molecule has 0 heterocycles. The molecule has 3 rings (SSSR count). The molecule has 146 valence electrons. The van der Waals surface area contributed by atoms with Crippen LogP contribution in [0.5, 0.6) is 0 Å². The average Bonchev–Trinajstić information content (AvgIpc) is 2.87. The fourth-order valence-electron chi connectivity index (χ4n) is 6.65. The molecule has 0 radical (unpaired) electrons. The standard InChI is InChI=1S/C23H36O3/c1-15-8-11-23(5,18(14-15)10-13-24)20-9-12-22(4)16(2)6-7-19(22)21(20)26-17(3)25/h13,15,18-21H,2,6-12,14H2,1,3-5H3/t15-,18-,19-,20-,21-,22+,23-/m0/s1. The van der Waals surface area contributed by atoms with Gasteiger partial charge in [-0.05, 0) is 61.2 Å². The molecule has 3 aliphatic carbocycles. The summed E-state index contributed by atoms with van der Waals surface area (Å²) in [6, 6.07) is 0. The summed E-state index contributed by atoms with van der Waals surface area (Å²) in [6.45, 7) is 12.9. The second-order valence-corrected chi connectivity index (χ2v) is 9.87. The van der Waals surface area contributed by atoms with Crippen LogP contribution in [0, 0.1) is 34.5 Å². The van der Waals surface area contributed by atoms with E-state index < -0.39 is 0 Å². The molecule has 3 saturated carbocycles. The molecule has 0 aromatic carbocycles. The maximum Gasteiger partial charge on any atom is 0.302 e. The van der Waals surface area contributed by atoms with E-state index in [0.29, 0.717) is 30.1 Å². The Morgan fingerprint density at radius 2 is 1.96 bits per heavy atom. The van der Waals surface area contributed by atoms with Crippen LogP contribution in [0.15, 0.2) is 12.2 Å². The topological polar surface area (TPSA) is 43.4 Å². The lowest BCUT2D eigenvalue weighted by Crippen LogP contribution is -2.53. The third-order valence-electron chi connectivity index (χ3n) is 8.48. The SMILES string of the molecule is C=C1CC[C@H]2[C@H](OC(C)=O)[C@@H]([C@@]3(C)CC[C@H](C)C[C@@H]3CC=O)CC[C@]12C. The van der Waals surface area contributed by atoms with Gasteiger partial charge in [0.05, 0.1) is 0 Å². The average molecular weight is 361 g/mol. The van der Waals surface area contributed by atoms with E-state index in [1.807, 2.05) is 0 Å². The molecule has 0 saturated heterocycles. The lowest BCUT2D eigenvalue weighted by atomic mass is 9.51. The molecule has 0 N–H and O–H groups in total. The number of aldehydes is 1. The molecule has 0 aromatic rings. The van der Waals surface area contributed by atoms with Crippen LogP contribution in [-0.2, 0) is 14.3 Å². The van der Waals surface area contributed by atoms with Gasteiger partial charge < -0.3 is 9.53 Å². The second kappa shape index (κ2) is 7.13. The maximum absolute atomic E-state index is 12.0. The van der Waals surface area contributed by atoms with E-state index >= 15 is 0 Å². The van der Waals surface area contributed by atoms with Gasteiger partial charge >= 0.3 is 5.97 Å². The van der Waals surface area contributed by atoms with Crippen LogP contribution in [0.2, 0.25) is 0 Å².